The second-order valence-corrected chi connectivity index (χ2v) is 9.74. The molecule has 1 fully saturated rings. The van der Waals surface area contributed by atoms with E-state index in [1.54, 1.807) is 0 Å². The molecule has 0 bridgehead atoms. The van der Waals surface area contributed by atoms with E-state index in [2.05, 4.69) is 119 Å². The predicted octanol–water partition coefficient (Wildman–Crippen LogP) is 7.09. The van der Waals surface area contributed by atoms with Gasteiger partial charge in [-0.2, -0.15) is 0 Å². The Kier molecular flexibility index (Phi) is 6.04. The van der Waals surface area contributed by atoms with E-state index in [4.69, 9.17) is 0 Å². The first-order chi connectivity index (χ1) is 17.7. The van der Waals surface area contributed by atoms with E-state index < -0.39 is 0 Å². The minimum absolute atomic E-state index is 0.942. The summed E-state index contributed by atoms with van der Waals surface area (Å²) in [6.45, 7) is 6.64. The number of likely N-dealkylation sites (N-methyl/N-ethyl adjacent to an activating group) is 1. The Morgan fingerprint density at radius 2 is 1.64 bits per heavy atom. The number of aromatic amines is 1. The van der Waals surface area contributed by atoms with Crippen LogP contribution < -0.4 is 4.90 Å². The number of nitrogens with one attached hydrogen (secondary N) is 1. The van der Waals surface area contributed by atoms with E-state index in [1.165, 1.54) is 44.3 Å². The number of anilines is 1. The fraction of sp³-hybridized carbons (Fsp3) is 0.219. The molecule has 1 N–H and O–H groups in total. The average molecular weight is 473 g/mol. The van der Waals surface area contributed by atoms with E-state index in [0.29, 0.717) is 0 Å². The van der Waals surface area contributed by atoms with E-state index in [-0.39, 0.29) is 0 Å². The van der Waals surface area contributed by atoms with Crippen LogP contribution in [0.1, 0.15) is 24.5 Å². The number of benzene rings is 3. The number of rotatable bonds is 5. The topological polar surface area (TPSA) is 35.2 Å². The van der Waals surface area contributed by atoms with Crippen molar-refractivity contribution >= 4 is 39.3 Å². The van der Waals surface area contributed by atoms with Crippen LogP contribution in [0, 0.1) is 0 Å². The maximum atomic E-state index is 4.68. The molecule has 2 aromatic heterocycles. The molecule has 3 heterocycles. The van der Waals surface area contributed by atoms with E-state index in [0.717, 1.165) is 43.8 Å². The van der Waals surface area contributed by atoms with Crippen molar-refractivity contribution in [3.8, 4) is 11.1 Å². The number of H-pyrrole nitrogens is 1. The highest BCUT2D eigenvalue weighted by atomic mass is 15.2. The molecule has 6 rings (SSSR count). The highest BCUT2D eigenvalue weighted by Gasteiger charge is 2.16. The van der Waals surface area contributed by atoms with Crippen molar-refractivity contribution in [2.45, 2.75) is 13.3 Å². The third kappa shape index (κ3) is 4.29. The first kappa shape index (κ1) is 22.6. The summed E-state index contributed by atoms with van der Waals surface area (Å²) >= 11 is 0. The second-order valence-electron chi connectivity index (χ2n) is 9.74. The monoisotopic (exact) mass is 472 g/mol. The van der Waals surface area contributed by atoms with Crippen molar-refractivity contribution in [3.63, 3.8) is 0 Å². The first-order valence-corrected chi connectivity index (χ1v) is 12.9. The predicted molar refractivity (Wildman–Crippen MR) is 153 cm³/mol. The number of piperazine rings is 1. The minimum Gasteiger partial charge on any atom is -0.369 e. The smallest absolute Gasteiger partial charge is 0.138 e. The van der Waals surface area contributed by atoms with Crippen LogP contribution in [0.4, 0.5) is 5.69 Å². The molecule has 0 radical (unpaired) electrons. The van der Waals surface area contributed by atoms with Crippen LogP contribution in [0.5, 0.6) is 0 Å². The van der Waals surface area contributed by atoms with Gasteiger partial charge in [0.2, 0.25) is 0 Å². The van der Waals surface area contributed by atoms with E-state index in [1.807, 2.05) is 6.20 Å². The Hall–Kier alpha value is -3.89. The van der Waals surface area contributed by atoms with Crippen LogP contribution in [0.3, 0.4) is 0 Å². The molecule has 0 aliphatic carbocycles. The average Bonchev–Trinajstić information content (AvgIpc) is 3.31. The number of hydrogen-bond acceptors (Lipinski definition) is 3. The van der Waals surface area contributed by atoms with Gasteiger partial charge in [-0.15, -0.1) is 0 Å². The Balaban J connectivity index is 1.40. The van der Waals surface area contributed by atoms with Gasteiger partial charge < -0.3 is 14.8 Å². The van der Waals surface area contributed by atoms with Gasteiger partial charge in [0.15, 0.2) is 0 Å². The Morgan fingerprint density at radius 1 is 0.889 bits per heavy atom. The van der Waals surface area contributed by atoms with Crippen molar-refractivity contribution < 1.29 is 0 Å². The summed E-state index contributed by atoms with van der Waals surface area (Å²) < 4.78 is 0. The van der Waals surface area contributed by atoms with Gasteiger partial charge in [-0.25, -0.2) is 4.98 Å². The molecule has 36 heavy (non-hydrogen) atoms. The van der Waals surface area contributed by atoms with Gasteiger partial charge in [0.1, 0.15) is 5.65 Å². The SMILES string of the molecule is CC/C(=C\c1ccccc1)c1ccnc2[nH]c3ccc(-c4ccc(N5CCN(C)CC5)cc4)cc3c12. The fourth-order valence-electron chi connectivity index (χ4n) is 5.31. The van der Waals surface area contributed by atoms with Crippen LogP contribution in [0.25, 0.3) is 44.7 Å². The summed E-state index contributed by atoms with van der Waals surface area (Å²) in [4.78, 5) is 13.1. The van der Waals surface area contributed by atoms with Crippen molar-refractivity contribution in [2.75, 3.05) is 38.1 Å². The maximum Gasteiger partial charge on any atom is 0.138 e. The number of nitrogens with zero attached hydrogens (tertiary/aromatic N) is 3. The molecule has 0 atom stereocenters. The summed E-state index contributed by atoms with van der Waals surface area (Å²) in [5.41, 5.74) is 9.63. The minimum atomic E-state index is 0.942. The molecule has 0 unspecified atom stereocenters. The largest absolute Gasteiger partial charge is 0.369 e. The molecule has 1 aliphatic heterocycles. The lowest BCUT2D eigenvalue weighted by atomic mass is 9.96. The van der Waals surface area contributed by atoms with Crippen LogP contribution >= 0.6 is 0 Å². The van der Waals surface area contributed by atoms with Crippen LogP contribution in [0.2, 0.25) is 0 Å². The number of allylic oxidation sites excluding steroid dienone is 1. The summed E-state index contributed by atoms with van der Waals surface area (Å²) in [5.74, 6) is 0. The molecule has 5 aromatic rings. The molecule has 0 saturated carbocycles. The third-order valence-electron chi connectivity index (χ3n) is 7.43. The van der Waals surface area contributed by atoms with Gasteiger partial charge in [-0.05, 0) is 71.6 Å². The molecule has 4 nitrogen and oxygen atoms in total. The number of hydrogen-bond donors (Lipinski definition) is 1. The lowest BCUT2D eigenvalue weighted by Crippen LogP contribution is -2.44. The van der Waals surface area contributed by atoms with Gasteiger partial charge >= 0.3 is 0 Å². The van der Waals surface area contributed by atoms with Gasteiger partial charge in [0.05, 0.1) is 0 Å². The van der Waals surface area contributed by atoms with Crippen LogP contribution in [-0.2, 0) is 0 Å². The number of fused-ring (bicyclic) bond motifs is 3. The molecule has 4 heteroatoms. The zero-order valence-corrected chi connectivity index (χ0v) is 21.0. The molecule has 3 aromatic carbocycles. The standard InChI is InChI=1S/C32H32N4/c1-3-24(21-23-7-5-4-6-8-23)28-15-16-33-32-31(28)29-22-26(11-14-30(29)34-32)25-9-12-27(13-10-25)36-19-17-35(2)18-20-36/h4-16,21-22H,3,17-20H2,1-2H3,(H,33,34)/b24-21+. The molecule has 0 amide bonds. The van der Waals surface area contributed by atoms with Crippen molar-refractivity contribution in [3.05, 3.63) is 96.2 Å². The first-order valence-electron chi connectivity index (χ1n) is 12.9. The quantitative estimate of drug-likeness (QED) is 0.297. The lowest BCUT2D eigenvalue weighted by Gasteiger charge is -2.34. The number of pyridine rings is 1. The zero-order valence-electron chi connectivity index (χ0n) is 21.0. The fourth-order valence-corrected chi connectivity index (χ4v) is 5.31. The van der Waals surface area contributed by atoms with Gasteiger partial charge in [-0.1, -0.05) is 61.5 Å². The van der Waals surface area contributed by atoms with Crippen LogP contribution in [0.15, 0.2) is 85.1 Å². The highest BCUT2D eigenvalue weighted by molar-refractivity contribution is 6.12. The molecule has 1 aliphatic rings. The second kappa shape index (κ2) is 9.63. The zero-order chi connectivity index (χ0) is 24.5. The van der Waals surface area contributed by atoms with E-state index in [9.17, 15) is 0 Å². The molecular weight excluding hydrogens is 440 g/mol. The normalized spacial score (nSPS) is 15.2. The summed E-state index contributed by atoms with van der Waals surface area (Å²) in [7, 11) is 2.20. The highest BCUT2D eigenvalue weighted by Crippen LogP contribution is 2.35. The summed E-state index contributed by atoms with van der Waals surface area (Å²) in [6, 6.07) is 28.5. The molecule has 180 valence electrons. The third-order valence-corrected chi connectivity index (χ3v) is 7.43. The van der Waals surface area contributed by atoms with Gasteiger partial charge in [-0.3, -0.25) is 0 Å². The van der Waals surface area contributed by atoms with Crippen LogP contribution in [-0.4, -0.2) is 48.1 Å². The molecule has 0 spiro atoms. The van der Waals surface area contributed by atoms with Gasteiger partial charge in [0.25, 0.3) is 0 Å². The molecular formula is C32H32N4. The molecule has 1 saturated heterocycles. The Morgan fingerprint density at radius 3 is 2.39 bits per heavy atom. The number of aromatic nitrogens is 2. The van der Waals surface area contributed by atoms with Crippen molar-refractivity contribution in [1.29, 1.82) is 0 Å². The van der Waals surface area contributed by atoms with Crippen molar-refractivity contribution in [1.82, 2.24) is 14.9 Å². The lowest BCUT2D eigenvalue weighted by molar-refractivity contribution is 0.313. The summed E-state index contributed by atoms with van der Waals surface area (Å²) in [5, 5.41) is 2.42. The van der Waals surface area contributed by atoms with Gasteiger partial charge in [0, 0.05) is 54.4 Å². The van der Waals surface area contributed by atoms with E-state index >= 15 is 0 Å². The van der Waals surface area contributed by atoms with Crippen molar-refractivity contribution in [2.24, 2.45) is 0 Å². The maximum absolute atomic E-state index is 4.68. The Labute approximate surface area is 212 Å². The summed E-state index contributed by atoms with van der Waals surface area (Å²) in [6.07, 6.45) is 5.17. The Bertz CT molecular complexity index is 1520.